The number of carbonyl (C=O) groups excluding carboxylic acids is 1. The van der Waals surface area contributed by atoms with Gasteiger partial charge >= 0.3 is 24.2 Å². The fourth-order valence-electron chi connectivity index (χ4n) is 1.15. The van der Waals surface area contributed by atoms with E-state index in [4.69, 9.17) is 0 Å². The monoisotopic (exact) mass is 422 g/mol. The van der Waals surface area contributed by atoms with Crippen molar-refractivity contribution in [1.82, 2.24) is 0 Å². The summed E-state index contributed by atoms with van der Waals surface area (Å²) in [6, 6.07) is 0. The summed E-state index contributed by atoms with van der Waals surface area (Å²) >= 11 is 0. The Morgan fingerprint density at radius 2 is 1.23 bits per heavy atom. The summed E-state index contributed by atoms with van der Waals surface area (Å²) in [5, 5.41) is -1.06. The molecule has 0 aromatic carbocycles. The summed E-state index contributed by atoms with van der Waals surface area (Å²) in [7, 11) is -3.61. The third kappa shape index (κ3) is 4.91. The highest BCUT2D eigenvalue weighted by molar-refractivity contribution is 6.74. The molecule has 0 aromatic heterocycles. The largest absolute Gasteiger partial charge is 0.542 e. The summed E-state index contributed by atoms with van der Waals surface area (Å²) in [5.74, 6) is -18.7. The lowest BCUT2D eigenvalue weighted by Gasteiger charge is -2.40. The predicted molar refractivity (Wildman–Crippen MR) is 73.4 cm³/mol. The molecule has 0 aliphatic carbocycles. The maximum atomic E-state index is 13.9. The number of hydrogen-bond acceptors (Lipinski definition) is 2. The second-order valence-electron chi connectivity index (χ2n) is 6.88. The molecule has 0 fully saturated rings. The Morgan fingerprint density at radius 1 is 0.846 bits per heavy atom. The third-order valence-electron chi connectivity index (χ3n) is 3.77. The van der Waals surface area contributed by atoms with Crippen LogP contribution in [0.2, 0.25) is 18.1 Å². The molecule has 0 saturated heterocycles. The molecule has 26 heavy (non-hydrogen) atoms. The lowest BCUT2D eigenvalue weighted by molar-refractivity contribution is -0.349. The number of hydrogen-bond donors (Lipinski definition) is 0. The minimum atomic E-state index is -6.80. The fraction of sp³-hybridized carbons (Fsp3) is 0.769. The highest BCUT2D eigenvalue weighted by Crippen LogP contribution is 2.51. The average Bonchev–Trinajstić information content (AvgIpc) is 2.33. The van der Waals surface area contributed by atoms with Crippen LogP contribution in [0.3, 0.4) is 0 Å². The molecular weight excluding hydrogens is 406 g/mol. The first-order valence-electron chi connectivity index (χ1n) is 6.83. The summed E-state index contributed by atoms with van der Waals surface area (Å²) in [5.41, 5.74) is 0. The molecule has 0 bridgehead atoms. The maximum absolute atomic E-state index is 13.9. The van der Waals surface area contributed by atoms with E-state index in [1.807, 2.05) is 0 Å². The van der Waals surface area contributed by atoms with Crippen LogP contribution in [0.25, 0.3) is 0 Å². The van der Waals surface area contributed by atoms with Gasteiger partial charge in [-0.2, -0.15) is 43.9 Å². The zero-order valence-electron chi connectivity index (χ0n) is 14.2. The van der Waals surface area contributed by atoms with Crippen molar-refractivity contribution in [2.45, 2.75) is 63.1 Å². The van der Waals surface area contributed by atoms with E-state index >= 15 is 0 Å². The van der Waals surface area contributed by atoms with Gasteiger partial charge in [0.2, 0.25) is 8.32 Å². The molecule has 0 saturated carbocycles. The second kappa shape index (κ2) is 6.71. The molecule has 0 atom stereocenters. The summed E-state index contributed by atoms with van der Waals surface area (Å²) in [4.78, 5) is 10.9. The third-order valence-corrected chi connectivity index (χ3v) is 8.12. The lowest BCUT2D eigenvalue weighted by atomic mass is 10.1. The molecular formula is C13H16F10O2Si. The van der Waals surface area contributed by atoms with Crippen LogP contribution in [-0.4, -0.2) is 38.3 Å². The van der Waals surface area contributed by atoms with E-state index in [0.29, 0.717) is 0 Å². The Morgan fingerprint density at radius 3 is 1.50 bits per heavy atom. The number of ketones is 1. The highest BCUT2D eigenvalue weighted by atomic mass is 28.4. The normalized spacial score (nSPS) is 15.9. The van der Waals surface area contributed by atoms with Gasteiger partial charge in [0.15, 0.2) is 5.76 Å². The Bertz CT molecular complexity index is 567. The fourth-order valence-corrected chi connectivity index (χ4v) is 2.19. The molecule has 0 spiro atoms. The van der Waals surface area contributed by atoms with Crippen LogP contribution >= 0.6 is 0 Å². The van der Waals surface area contributed by atoms with Crippen molar-refractivity contribution in [3.8, 4) is 0 Å². The van der Waals surface area contributed by atoms with Crippen molar-refractivity contribution in [2.24, 2.45) is 0 Å². The lowest BCUT2D eigenvalue weighted by Crippen LogP contribution is -2.55. The first kappa shape index (κ1) is 24.7. The van der Waals surface area contributed by atoms with Gasteiger partial charge in [0.25, 0.3) is 5.78 Å². The van der Waals surface area contributed by atoms with Crippen molar-refractivity contribution in [3.63, 3.8) is 0 Å². The maximum Gasteiger partial charge on any atom is 0.460 e. The first-order valence-corrected chi connectivity index (χ1v) is 9.74. The summed E-state index contributed by atoms with van der Waals surface area (Å²) in [6.07, 6.45) is -13.6. The van der Waals surface area contributed by atoms with Crippen molar-refractivity contribution in [1.29, 1.82) is 0 Å². The van der Waals surface area contributed by atoms with Gasteiger partial charge in [-0.05, 0) is 18.1 Å². The van der Waals surface area contributed by atoms with Crippen LogP contribution in [-0.2, 0) is 9.22 Å². The van der Waals surface area contributed by atoms with E-state index in [0.717, 1.165) is 13.1 Å². The van der Waals surface area contributed by atoms with Crippen molar-refractivity contribution in [3.05, 3.63) is 11.8 Å². The predicted octanol–water partition coefficient (Wildman–Crippen LogP) is 5.86. The molecule has 0 rings (SSSR count). The van der Waals surface area contributed by atoms with Gasteiger partial charge in [-0.3, -0.25) is 4.79 Å². The Labute approximate surface area is 143 Å². The Hall–Kier alpha value is -1.27. The molecule has 0 aromatic rings. The van der Waals surface area contributed by atoms with Crippen LogP contribution in [0.4, 0.5) is 43.9 Å². The molecule has 0 N–H and O–H groups in total. The van der Waals surface area contributed by atoms with Crippen molar-refractivity contribution in [2.75, 3.05) is 0 Å². The van der Waals surface area contributed by atoms with Gasteiger partial charge in [-0.25, -0.2) is 0 Å². The molecule has 0 aliphatic heterocycles. The Kier molecular flexibility index (Phi) is 6.38. The molecule has 0 unspecified atom stereocenters. The Balaban J connectivity index is 6.46. The summed E-state index contributed by atoms with van der Waals surface area (Å²) < 4.78 is 133. The van der Waals surface area contributed by atoms with E-state index in [2.05, 4.69) is 4.43 Å². The van der Waals surface area contributed by atoms with Gasteiger partial charge in [0.1, 0.15) is 0 Å². The van der Waals surface area contributed by atoms with Crippen LogP contribution < -0.4 is 0 Å². The standard InChI is InChI=1S/C13H16F10O2Si/c1-9(2,3)26(4,5)25-8(6-7(24)11(16,17)18)10(14,15)12(19,20)13(21,22)23/h6H,1-5H3/b8-6-. The van der Waals surface area contributed by atoms with Crippen LogP contribution in [0.5, 0.6) is 0 Å². The van der Waals surface area contributed by atoms with E-state index < -0.39 is 55.2 Å². The van der Waals surface area contributed by atoms with Gasteiger partial charge in [0, 0.05) is 6.08 Å². The molecule has 0 amide bonds. The van der Waals surface area contributed by atoms with E-state index in [-0.39, 0.29) is 0 Å². The van der Waals surface area contributed by atoms with Gasteiger partial charge in [0.05, 0.1) is 0 Å². The molecule has 0 aliphatic rings. The minimum Gasteiger partial charge on any atom is -0.542 e. The molecule has 0 radical (unpaired) electrons. The second-order valence-corrected chi connectivity index (χ2v) is 11.6. The SMILES string of the molecule is CC(C)(C)[Si](C)(C)O/C(=C\C(=O)C(F)(F)F)C(F)(F)C(F)(F)C(F)(F)F. The molecule has 0 heterocycles. The van der Waals surface area contributed by atoms with Gasteiger partial charge in [-0.1, -0.05) is 20.8 Å². The van der Waals surface area contributed by atoms with Gasteiger partial charge < -0.3 is 4.43 Å². The molecule has 2 nitrogen and oxygen atoms in total. The zero-order chi connectivity index (χ0) is 21.6. The number of halogens is 10. The average molecular weight is 422 g/mol. The quantitative estimate of drug-likeness (QED) is 0.240. The van der Waals surface area contributed by atoms with Crippen LogP contribution in [0.1, 0.15) is 20.8 Å². The van der Waals surface area contributed by atoms with E-state index in [1.54, 1.807) is 0 Å². The number of alkyl halides is 10. The number of rotatable bonds is 5. The number of carbonyl (C=O) groups is 1. The highest BCUT2D eigenvalue weighted by Gasteiger charge is 2.75. The zero-order valence-corrected chi connectivity index (χ0v) is 15.2. The first-order chi connectivity index (χ1) is 11.0. The van der Waals surface area contributed by atoms with Crippen molar-refractivity contribution >= 4 is 14.1 Å². The van der Waals surface area contributed by atoms with Crippen LogP contribution in [0.15, 0.2) is 11.8 Å². The topological polar surface area (TPSA) is 26.3 Å². The smallest absolute Gasteiger partial charge is 0.460 e. The number of allylic oxidation sites excluding steroid dienone is 2. The minimum absolute atomic E-state index is 1.06. The molecule has 13 heteroatoms. The van der Waals surface area contributed by atoms with E-state index in [9.17, 15) is 48.7 Å². The van der Waals surface area contributed by atoms with Crippen LogP contribution in [0, 0.1) is 0 Å². The van der Waals surface area contributed by atoms with Gasteiger partial charge in [-0.15, -0.1) is 0 Å². The molecule has 154 valence electrons. The summed E-state index contributed by atoms with van der Waals surface area (Å²) in [6.45, 7) is 6.31. The van der Waals surface area contributed by atoms with E-state index in [1.165, 1.54) is 20.8 Å². The van der Waals surface area contributed by atoms with Crippen molar-refractivity contribution < 1.29 is 53.1 Å².